The molecule has 0 aliphatic carbocycles. The fraction of sp³-hybridized carbons (Fsp3) is 0.667. The van der Waals surface area contributed by atoms with Gasteiger partial charge in [0.2, 0.25) is 5.91 Å². The van der Waals surface area contributed by atoms with Crippen molar-refractivity contribution in [3.05, 3.63) is 29.8 Å². The van der Waals surface area contributed by atoms with E-state index in [2.05, 4.69) is 23.5 Å². The number of ether oxygens (including phenoxy) is 1. The van der Waals surface area contributed by atoms with Crippen LogP contribution in [0.3, 0.4) is 0 Å². The molecule has 0 aromatic heterocycles. The molecule has 1 aromatic carbocycles. The molecule has 0 bridgehead atoms. The molecule has 3 amide bonds. The van der Waals surface area contributed by atoms with Crippen molar-refractivity contribution in [3.8, 4) is 0 Å². The van der Waals surface area contributed by atoms with Gasteiger partial charge in [-0.1, -0.05) is 18.2 Å². The maximum absolute atomic E-state index is 13.2. The Morgan fingerprint density at radius 2 is 1.97 bits per heavy atom. The van der Waals surface area contributed by atoms with Crippen molar-refractivity contribution in [2.75, 3.05) is 31.1 Å². The largest absolute Gasteiger partial charge is 0.375 e. The number of rotatable bonds is 3. The number of hydrogen-bond donors (Lipinski definition) is 1. The van der Waals surface area contributed by atoms with Crippen LogP contribution in [0.25, 0.3) is 0 Å². The van der Waals surface area contributed by atoms with Crippen LogP contribution in [0.15, 0.2) is 24.3 Å². The van der Waals surface area contributed by atoms with Crippen molar-refractivity contribution in [1.29, 1.82) is 0 Å². The molecule has 1 atom stereocenters. The normalized spacial score (nSPS) is 23.4. The number of likely N-dealkylation sites (tertiary alicyclic amines) is 1. The van der Waals surface area contributed by atoms with Gasteiger partial charge in [-0.05, 0) is 69.9 Å². The number of piperidine rings is 1. The first kappa shape index (κ1) is 21.2. The van der Waals surface area contributed by atoms with E-state index >= 15 is 0 Å². The predicted octanol–water partition coefficient (Wildman–Crippen LogP) is 3.74. The van der Waals surface area contributed by atoms with Gasteiger partial charge in [0.1, 0.15) is 0 Å². The third-order valence-corrected chi connectivity index (χ3v) is 6.84. The molecule has 1 spiro atoms. The Hall–Kier alpha value is -2.08. The van der Waals surface area contributed by atoms with Crippen LogP contribution in [0.2, 0.25) is 0 Å². The fourth-order valence-corrected chi connectivity index (χ4v) is 5.26. The van der Waals surface area contributed by atoms with Gasteiger partial charge in [-0.25, -0.2) is 4.79 Å². The van der Waals surface area contributed by atoms with Gasteiger partial charge in [-0.15, -0.1) is 0 Å². The van der Waals surface area contributed by atoms with E-state index in [-0.39, 0.29) is 23.6 Å². The first-order chi connectivity index (χ1) is 14.5. The zero-order valence-corrected chi connectivity index (χ0v) is 18.4. The summed E-state index contributed by atoms with van der Waals surface area (Å²) < 4.78 is 6.25. The van der Waals surface area contributed by atoms with Crippen LogP contribution in [0.4, 0.5) is 10.5 Å². The number of carbonyl (C=O) groups excluding carboxylic acids is 2. The van der Waals surface area contributed by atoms with E-state index in [0.717, 1.165) is 63.8 Å². The zero-order chi connectivity index (χ0) is 21.1. The summed E-state index contributed by atoms with van der Waals surface area (Å²) >= 11 is 0. The van der Waals surface area contributed by atoms with Crippen molar-refractivity contribution in [3.63, 3.8) is 0 Å². The molecule has 2 fully saturated rings. The van der Waals surface area contributed by atoms with Crippen molar-refractivity contribution in [1.82, 2.24) is 10.2 Å². The molecule has 30 heavy (non-hydrogen) atoms. The second-order valence-corrected chi connectivity index (χ2v) is 9.46. The Labute approximate surface area is 179 Å². The second kappa shape index (κ2) is 8.96. The summed E-state index contributed by atoms with van der Waals surface area (Å²) in [6, 6.07) is 8.47. The van der Waals surface area contributed by atoms with E-state index < -0.39 is 0 Å². The minimum absolute atomic E-state index is 0.0196. The maximum Gasteiger partial charge on any atom is 0.317 e. The van der Waals surface area contributed by atoms with E-state index in [4.69, 9.17) is 4.74 Å². The van der Waals surface area contributed by atoms with E-state index in [9.17, 15) is 9.59 Å². The van der Waals surface area contributed by atoms with Gasteiger partial charge in [0, 0.05) is 44.4 Å². The monoisotopic (exact) mass is 413 g/mol. The third-order valence-electron chi connectivity index (χ3n) is 6.84. The molecule has 1 unspecified atom stereocenters. The molecule has 3 heterocycles. The number of aryl methyl sites for hydroxylation is 1. The van der Waals surface area contributed by atoms with Crippen molar-refractivity contribution < 1.29 is 14.3 Å². The molecule has 3 aliphatic heterocycles. The molecule has 164 valence electrons. The molecule has 1 N–H and O–H groups in total. The van der Waals surface area contributed by atoms with Gasteiger partial charge in [0.15, 0.2) is 0 Å². The Balaban J connectivity index is 1.34. The van der Waals surface area contributed by atoms with Crippen LogP contribution in [0, 0.1) is 5.92 Å². The summed E-state index contributed by atoms with van der Waals surface area (Å²) in [6.45, 7) is 6.94. The molecule has 1 aromatic rings. The molecule has 0 saturated carbocycles. The number of carbonyl (C=O) groups is 2. The van der Waals surface area contributed by atoms with Crippen LogP contribution in [0.1, 0.15) is 57.9 Å². The Morgan fingerprint density at radius 1 is 1.20 bits per heavy atom. The fourth-order valence-electron chi connectivity index (χ4n) is 5.26. The molecule has 6 nitrogen and oxygen atoms in total. The number of para-hydroxylation sites is 1. The molecule has 2 saturated heterocycles. The number of fused-ring (bicyclic) bond motifs is 1. The van der Waals surface area contributed by atoms with Crippen molar-refractivity contribution in [2.45, 2.75) is 70.4 Å². The third kappa shape index (κ3) is 4.64. The van der Waals surface area contributed by atoms with E-state index in [1.54, 1.807) is 0 Å². The Kier molecular flexibility index (Phi) is 6.32. The summed E-state index contributed by atoms with van der Waals surface area (Å²) in [4.78, 5) is 29.4. The van der Waals surface area contributed by atoms with Crippen LogP contribution in [0.5, 0.6) is 0 Å². The molecule has 4 rings (SSSR count). The lowest BCUT2D eigenvalue weighted by Gasteiger charge is -2.46. The summed E-state index contributed by atoms with van der Waals surface area (Å²) in [5.74, 6) is 0.606. The predicted molar refractivity (Wildman–Crippen MR) is 118 cm³/mol. The minimum Gasteiger partial charge on any atom is -0.375 e. The highest BCUT2D eigenvalue weighted by molar-refractivity contribution is 5.94. The standard InChI is InChI=1S/C24H35N3O3/c1-18(2)25-23(29)26-13-10-24(11-14-26)17-19(9-15-30-24)16-22(28)27-12-5-7-20-6-3-4-8-21(20)27/h3-4,6,8,18-19H,5,7,9-17H2,1-2H3,(H,25,29). The van der Waals surface area contributed by atoms with Crippen LogP contribution < -0.4 is 10.2 Å². The smallest absolute Gasteiger partial charge is 0.317 e. The molecule has 3 aliphatic rings. The van der Waals surface area contributed by atoms with Crippen LogP contribution in [-0.2, 0) is 16.0 Å². The average molecular weight is 414 g/mol. The number of anilines is 1. The summed E-state index contributed by atoms with van der Waals surface area (Å²) in [5, 5.41) is 2.98. The molecular formula is C24H35N3O3. The number of nitrogens with one attached hydrogen (secondary N) is 1. The number of nitrogens with zero attached hydrogens (tertiary/aromatic N) is 2. The highest BCUT2D eigenvalue weighted by Crippen LogP contribution is 2.39. The summed E-state index contributed by atoms with van der Waals surface area (Å²) in [6.07, 6.45) is 6.27. The van der Waals surface area contributed by atoms with Gasteiger partial charge in [-0.2, -0.15) is 0 Å². The maximum atomic E-state index is 13.2. The van der Waals surface area contributed by atoms with Crippen molar-refractivity contribution >= 4 is 17.6 Å². The zero-order valence-electron chi connectivity index (χ0n) is 18.4. The SMILES string of the molecule is CC(C)NC(=O)N1CCC2(CC1)CC(CC(=O)N1CCCc3ccccc31)CCO2. The lowest BCUT2D eigenvalue weighted by atomic mass is 9.78. The van der Waals surface area contributed by atoms with Gasteiger partial charge < -0.3 is 19.9 Å². The Bertz CT molecular complexity index is 771. The Morgan fingerprint density at radius 3 is 2.73 bits per heavy atom. The minimum atomic E-state index is -0.169. The molecular weight excluding hydrogens is 378 g/mol. The highest BCUT2D eigenvalue weighted by atomic mass is 16.5. The van der Waals surface area contributed by atoms with Gasteiger partial charge in [-0.3, -0.25) is 4.79 Å². The highest BCUT2D eigenvalue weighted by Gasteiger charge is 2.42. The van der Waals surface area contributed by atoms with Gasteiger partial charge in [0.05, 0.1) is 5.60 Å². The molecule has 6 heteroatoms. The first-order valence-corrected chi connectivity index (χ1v) is 11.5. The second-order valence-electron chi connectivity index (χ2n) is 9.46. The quantitative estimate of drug-likeness (QED) is 0.821. The van der Waals surface area contributed by atoms with Gasteiger partial charge >= 0.3 is 6.03 Å². The average Bonchev–Trinajstić information content (AvgIpc) is 2.73. The topological polar surface area (TPSA) is 61.9 Å². The summed E-state index contributed by atoms with van der Waals surface area (Å²) in [5.41, 5.74) is 2.21. The summed E-state index contributed by atoms with van der Waals surface area (Å²) in [7, 11) is 0. The lowest BCUT2D eigenvalue weighted by Crippen LogP contribution is -2.53. The van der Waals surface area contributed by atoms with E-state index in [0.29, 0.717) is 18.9 Å². The number of urea groups is 1. The first-order valence-electron chi connectivity index (χ1n) is 11.5. The van der Waals surface area contributed by atoms with E-state index in [1.165, 1.54) is 5.56 Å². The van der Waals surface area contributed by atoms with Crippen molar-refractivity contribution in [2.24, 2.45) is 5.92 Å². The lowest BCUT2D eigenvalue weighted by molar-refractivity contribution is -0.132. The van der Waals surface area contributed by atoms with Crippen LogP contribution >= 0.6 is 0 Å². The number of hydrogen-bond acceptors (Lipinski definition) is 3. The van der Waals surface area contributed by atoms with E-state index in [1.807, 2.05) is 29.7 Å². The number of amides is 3. The molecule has 0 radical (unpaired) electrons. The van der Waals surface area contributed by atoms with Crippen LogP contribution in [-0.4, -0.2) is 54.7 Å². The number of benzene rings is 1. The van der Waals surface area contributed by atoms with Gasteiger partial charge in [0.25, 0.3) is 0 Å².